The number of hydrogen-bond donors (Lipinski definition) is 9. The van der Waals surface area contributed by atoms with E-state index in [0.717, 1.165) is 0 Å². The van der Waals surface area contributed by atoms with Crippen LogP contribution in [0.25, 0.3) is 0 Å². The number of aliphatic hydroxyl groups excluding tert-OH is 1. The van der Waals surface area contributed by atoms with Gasteiger partial charge in [0.2, 0.25) is 17.7 Å². The van der Waals surface area contributed by atoms with Gasteiger partial charge >= 0.3 is 11.9 Å². The molecule has 4 atom stereocenters. The summed E-state index contributed by atoms with van der Waals surface area (Å²) in [5, 5.41) is 33.8. The molecular formula is C18H33N7O8. The van der Waals surface area contributed by atoms with E-state index >= 15 is 0 Å². The molecule has 0 radical (unpaired) electrons. The Kier molecular flexibility index (Phi) is 13.0. The van der Waals surface area contributed by atoms with Crippen LogP contribution in [0.15, 0.2) is 4.99 Å². The Balaban J connectivity index is 5.46. The number of nitrogens with one attached hydrogen (secondary N) is 3. The highest BCUT2D eigenvalue weighted by molar-refractivity contribution is 5.94. The fourth-order valence-corrected chi connectivity index (χ4v) is 2.57. The van der Waals surface area contributed by atoms with Crippen molar-refractivity contribution in [1.82, 2.24) is 16.0 Å². The lowest BCUT2D eigenvalue weighted by atomic mass is 10.0. The summed E-state index contributed by atoms with van der Waals surface area (Å²) in [4.78, 5) is 63.2. The zero-order valence-electron chi connectivity index (χ0n) is 18.5. The molecule has 0 aromatic rings. The summed E-state index contributed by atoms with van der Waals surface area (Å²) >= 11 is 0. The number of aliphatic imine (C=N–C) groups is 1. The Hall–Kier alpha value is -3.46. The van der Waals surface area contributed by atoms with Gasteiger partial charge in [0.1, 0.15) is 18.1 Å². The number of nitrogens with two attached hydrogens (primary N) is 3. The Bertz CT molecular complexity index is 739. The summed E-state index contributed by atoms with van der Waals surface area (Å²) in [5.74, 6) is -5.97. The Morgan fingerprint density at radius 1 is 0.909 bits per heavy atom. The zero-order chi connectivity index (χ0) is 25.7. The fraction of sp³-hybridized carbons (Fsp3) is 0.667. The van der Waals surface area contributed by atoms with Gasteiger partial charge < -0.3 is 48.5 Å². The molecule has 0 aromatic heterocycles. The van der Waals surface area contributed by atoms with Crippen LogP contribution < -0.4 is 33.2 Å². The Morgan fingerprint density at radius 2 is 1.48 bits per heavy atom. The second-order valence-corrected chi connectivity index (χ2v) is 7.53. The smallest absolute Gasteiger partial charge is 0.328 e. The predicted molar refractivity (Wildman–Crippen MR) is 115 cm³/mol. The van der Waals surface area contributed by atoms with E-state index < -0.39 is 72.8 Å². The third-order valence-corrected chi connectivity index (χ3v) is 4.35. The molecule has 0 aromatic carbocycles. The Morgan fingerprint density at radius 3 is 1.94 bits per heavy atom. The first-order valence-electron chi connectivity index (χ1n) is 10.1. The quantitative estimate of drug-likeness (QED) is 0.0625. The Labute approximate surface area is 190 Å². The van der Waals surface area contributed by atoms with Gasteiger partial charge in [0, 0.05) is 6.54 Å². The van der Waals surface area contributed by atoms with Crippen molar-refractivity contribution >= 4 is 35.6 Å². The van der Waals surface area contributed by atoms with Gasteiger partial charge in [0.25, 0.3) is 0 Å². The highest BCUT2D eigenvalue weighted by Gasteiger charge is 2.31. The van der Waals surface area contributed by atoms with E-state index in [1.54, 1.807) is 13.8 Å². The van der Waals surface area contributed by atoms with Crippen LogP contribution in [0.2, 0.25) is 0 Å². The first-order valence-corrected chi connectivity index (χ1v) is 10.1. The number of aliphatic carboxylic acids is 2. The minimum atomic E-state index is -1.57. The van der Waals surface area contributed by atoms with Crippen LogP contribution in [0.1, 0.15) is 33.1 Å². The van der Waals surface area contributed by atoms with Crippen LogP contribution in [0.4, 0.5) is 0 Å². The summed E-state index contributed by atoms with van der Waals surface area (Å²) in [6.45, 7) is 2.46. The average Bonchev–Trinajstić information content (AvgIpc) is 2.70. The predicted octanol–water partition coefficient (Wildman–Crippen LogP) is -3.97. The minimum Gasteiger partial charge on any atom is -0.481 e. The third-order valence-electron chi connectivity index (χ3n) is 4.35. The number of aliphatic hydroxyl groups is 1. The van der Waals surface area contributed by atoms with E-state index in [1.807, 2.05) is 0 Å². The number of guanidine groups is 1. The zero-order valence-corrected chi connectivity index (χ0v) is 18.5. The monoisotopic (exact) mass is 475 g/mol. The van der Waals surface area contributed by atoms with Crippen molar-refractivity contribution in [2.75, 3.05) is 13.2 Å². The normalized spacial score (nSPS) is 14.3. The highest BCUT2D eigenvalue weighted by atomic mass is 16.4. The molecule has 0 aliphatic carbocycles. The number of carbonyl (C=O) groups is 5. The topological polar surface area (TPSA) is 273 Å². The van der Waals surface area contributed by atoms with E-state index in [2.05, 4.69) is 20.9 Å². The van der Waals surface area contributed by atoms with Crippen molar-refractivity contribution in [2.45, 2.75) is 57.3 Å². The number of amides is 3. The van der Waals surface area contributed by atoms with Crippen LogP contribution in [0.5, 0.6) is 0 Å². The van der Waals surface area contributed by atoms with E-state index in [4.69, 9.17) is 32.5 Å². The molecule has 3 amide bonds. The summed E-state index contributed by atoms with van der Waals surface area (Å²) in [7, 11) is 0. The molecule has 0 saturated heterocycles. The van der Waals surface area contributed by atoms with Crippen molar-refractivity contribution in [3.05, 3.63) is 0 Å². The van der Waals surface area contributed by atoms with Gasteiger partial charge in [-0.15, -0.1) is 0 Å². The van der Waals surface area contributed by atoms with Crippen molar-refractivity contribution in [1.29, 1.82) is 0 Å². The molecule has 33 heavy (non-hydrogen) atoms. The molecule has 0 bridgehead atoms. The van der Waals surface area contributed by atoms with Crippen molar-refractivity contribution < 1.29 is 39.3 Å². The van der Waals surface area contributed by atoms with E-state index in [9.17, 15) is 24.0 Å². The number of nitrogens with zero attached hydrogens (tertiary/aromatic N) is 1. The molecule has 0 heterocycles. The van der Waals surface area contributed by atoms with E-state index in [-0.39, 0.29) is 25.3 Å². The van der Waals surface area contributed by atoms with E-state index in [1.165, 1.54) is 0 Å². The number of carboxylic acids is 2. The van der Waals surface area contributed by atoms with Gasteiger partial charge in [-0.1, -0.05) is 13.8 Å². The third kappa shape index (κ3) is 11.6. The average molecular weight is 476 g/mol. The second kappa shape index (κ2) is 14.6. The fourth-order valence-electron chi connectivity index (χ4n) is 2.57. The first-order chi connectivity index (χ1) is 15.3. The van der Waals surface area contributed by atoms with Gasteiger partial charge in [-0.05, 0) is 18.8 Å². The number of carbonyl (C=O) groups excluding carboxylic acids is 3. The summed E-state index contributed by atoms with van der Waals surface area (Å²) in [5.41, 5.74) is 16.0. The van der Waals surface area contributed by atoms with Crippen molar-refractivity contribution in [2.24, 2.45) is 28.1 Å². The van der Waals surface area contributed by atoms with Gasteiger partial charge in [0.05, 0.1) is 19.1 Å². The maximum atomic E-state index is 12.8. The van der Waals surface area contributed by atoms with Gasteiger partial charge in [0.15, 0.2) is 5.96 Å². The molecule has 12 N–H and O–H groups in total. The maximum absolute atomic E-state index is 12.8. The molecule has 0 saturated carbocycles. The maximum Gasteiger partial charge on any atom is 0.328 e. The van der Waals surface area contributed by atoms with Crippen LogP contribution in [0.3, 0.4) is 0 Å². The standard InChI is InChI=1S/C18H33N7O8/c1-8(2)13(16(31)24-11(7-26)17(32)33)25-15(30)10(4-3-5-22-18(20)21)23-14(29)9(19)6-12(27)28/h8-11,13,26H,3-7,19H2,1-2H3,(H,23,29)(H,24,31)(H,25,30)(H,27,28)(H,32,33)(H4,20,21,22). The van der Waals surface area contributed by atoms with Crippen molar-refractivity contribution in [3.8, 4) is 0 Å². The molecule has 4 unspecified atom stereocenters. The van der Waals surface area contributed by atoms with Crippen LogP contribution in [-0.4, -0.2) is 88.3 Å². The molecule has 0 aliphatic heterocycles. The van der Waals surface area contributed by atoms with E-state index in [0.29, 0.717) is 0 Å². The molecule has 188 valence electrons. The molecule has 0 spiro atoms. The lowest BCUT2D eigenvalue weighted by Crippen LogP contribution is -2.58. The van der Waals surface area contributed by atoms with Gasteiger partial charge in [-0.25, -0.2) is 4.79 Å². The largest absolute Gasteiger partial charge is 0.481 e. The molecule has 15 nitrogen and oxygen atoms in total. The number of rotatable bonds is 15. The second-order valence-electron chi connectivity index (χ2n) is 7.53. The molecular weight excluding hydrogens is 442 g/mol. The van der Waals surface area contributed by atoms with Gasteiger partial charge in [-0.3, -0.25) is 24.2 Å². The molecule has 15 heteroatoms. The SMILES string of the molecule is CC(C)C(NC(=O)C(CCCN=C(N)N)NC(=O)C(N)CC(=O)O)C(=O)NC(CO)C(=O)O. The molecule has 0 rings (SSSR count). The van der Waals surface area contributed by atoms with Crippen LogP contribution in [-0.2, 0) is 24.0 Å². The highest BCUT2D eigenvalue weighted by Crippen LogP contribution is 2.06. The summed E-state index contributed by atoms with van der Waals surface area (Å²) in [6.07, 6.45) is -0.396. The lowest BCUT2D eigenvalue weighted by molar-refractivity contribution is -0.143. The molecule has 0 fully saturated rings. The van der Waals surface area contributed by atoms with Crippen LogP contribution in [0, 0.1) is 5.92 Å². The number of hydrogen-bond acceptors (Lipinski definition) is 8. The van der Waals surface area contributed by atoms with Crippen molar-refractivity contribution in [3.63, 3.8) is 0 Å². The van der Waals surface area contributed by atoms with Crippen LogP contribution >= 0.6 is 0 Å². The summed E-state index contributed by atoms with van der Waals surface area (Å²) in [6, 6.07) is -5.40. The number of carboxylic acid groups (broad SMARTS) is 2. The molecule has 0 aliphatic rings. The lowest BCUT2D eigenvalue weighted by Gasteiger charge is -2.26. The minimum absolute atomic E-state index is 0.0228. The first kappa shape index (κ1) is 29.5. The summed E-state index contributed by atoms with van der Waals surface area (Å²) < 4.78 is 0. The van der Waals surface area contributed by atoms with Gasteiger partial charge in [-0.2, -0.15) is 0 Å².